The molecule has 1 aromatic rings. The van der Waals surface area contributed by atoms with Crippen LogP contribution in [0.2, 0.25) is 0 Å². The van der Waals surface area contributed by atoms with Gasteiger partial charge in [-0.25, -0.2) is 0 Å². The molecular formula is C8H11IN2. The van der Waals surface area contributed by atoms with Gasteiger partial charge in [0.1, 0.15) is 0 Å². The lowest BCUT2D eigenvalue weighted by Crippen LogP contribution is -1.90. The van der Waals surface area contributed by atoms with Crippen LogP contribution in [-0.4, -0.2) is 7.05 Å². The SMILES string of the molecule is CNc1ccc(C)c(NI)c1. The summed E-state index contributed by atoms with van der Waals surface area (Å²) in [7, 11) is 1.92. The fourth-order valence-corrected chi connectivity index (χ4v) is 1.46. The fourth-order valence-electron chi connectivity index (χ4n) is 0.879. The third-order valence-corrected chi connectivity index (χ3v) is 2.21. The summed E-state index contributed by atoms with van der Waals surface area (Å²) in [4.78, 5) is 0. The minimum absolute atomic E-state index is 1.13. The first-order valence-corrected chi connectivity index (χ1v) is 4.51. The van der Waals surface area contributed by atoms with Gasteiger partial charge in [0.2, 0.25) is 0 Å². The zero-order valence-electron chi connectivity index (χ0n) is 6.61. The van der Waals surface area contributed by atoms with Gasteiger partial charge in [0.05, 0.1) is 22.9 Å². The molecule has 0 radical (unpaired) electrons. The van der Waals surface area contributed by atoms with Crippen LogP contribution in [0.4, 0.5) is 11.4 Å². The number of anilines is 2. The molecule has 0 heterocycles. The molecule has 11 heavy (non-hydrogen) atoms. The Morgan fingerprint density at radius 2 is 2.09 bits per heavy atom. The van der Waals surface area contributed by atoms with E-state index in [1.807, 2.05) is 7.05 Å². The summed E-state index contributed by atoms with van der Waals surface area (Å²) in [6.07, 6.45) is 0. The zero-order chi connectivity index (χ0) is 8.27. The minimum Gasteiger partial charge on any atom is -0.388 e. The van der Waals surface area contributed by atoms with E-state index in [9.17, 15) is 0 Å². The van der Waals surface area contributed by atoms with Crippen LogP contribution >= 0.6 is 22.9 Å². The predicted molar refractivity (Wildman–Crippen MR) is 58.4 cm³/mol. The molecular weight excluding hydrogens is 251 g/mol. The predicted octanol–water partition coefficient (Wildman–Crippen LogP) is 2.80. The first-order chi connectivity index (χ1) is 5.27. The average Bonchev–Trinajstić information content (AvgIpc) is 2.05. The molecule has 0 saturated heterocycles. The van der Waals surface area contributed by atoms with Gasteiger partial charge in [-0.05, 0) is 24.6 Å². The standard InChI is InChI=1S/C8H11IN2/c1-6-3-4-7(10-2)5-8(6)11-9/h3-5,10-11H,1-2H3. The van der Waals surface area contributed by atoms with Crippen molar-refractivity contribution in [3.63, 3.8) is 0 Å². The minimum atomic E-state index is 1.13. The molecule has 0 bridgehead atoms. The van der Waals surface area contributed by atoms with Crippen LogP contribution in [-0.2, 0) is 0 Å². The van der Waals surface area contributed by atoms with Crippen molar-refractivity contribution in [1.29, 1.82) is 0 Å². The molecule has 3 heteroatoms. The first-order valence-electron chi connectivity index (χ1n) is 3.43. The van der Waals surface area contributed by atoms with Crippen LogP contribution < -0.4 is 8.85 Å². The molecule has 0 aliphatic carbocycles. The van der Waals surface area contributed by atoms with E-state index in [0.29, 0.717) is 0 Å². The van der Waals surface area contributed by atoms with Gasteiger partial charge in [-0.2, -0.15) is 0 Å². The van der Waals surface area contributed by atoms with Crippen molar-refractivity contribution < 1.29 is 0 Å². The van der Waals surface area contributed by atoms with Crippen molar-refractivity contribution in [2.75, 3.05) is 15.9 Å². The highest BCUT2D eigenvalue weighted by Crippen LogP contribution is 2.20. The van der Waals surface area contributed by atoms with Crippen LogP contribution in [0.1, 0.15) is 5.56 Å². The maximum atomic E-state index is 3.10. The molecule has 2 nitrogen and oxygen atoms in total. The van der Waals surface area contributed by atoms with E-state index in [0.717, 1.165) is 11.4 Å². The second kappa shape index (κ2) is 3.80. The van der Waals surface area contributed by atoms with Gasteiger partial charge < -0.3 is 8.85 Å². The summed E-state index contributed by atoms with van der Waals surface area (Å²) < 4.78 is 3.10. The molecule has 0 amide bonds. The Labute approximate surface area is 80.9 Å². The van der Waals surface area contributed by atoms with Crippen LogP contribution in [0.5, 0.6) is 0 Å². The molecule has 0 atom stereocenters. The highest BCUT2D eigenvalue weighted by molar-refractivity contribution is 14.1. The number of nitrogens with one attached hydrogen (secondary N) is 2. The molecule has 0 aliphatic heterocycles. The molecule has 60 valence electrons. The molecule has 0 unspecified atom stereocenters. The molecule has 0 aliphatic rings. The maximum Gasteiger partial charge on any atom is 0.0560 e. The number of rotatable bonds is 2. The largest absolute Gasteiger partial charge is 0.388 e. The lowest BCUT2D eigenvalue weighted by atomic mass is 10.2. The molecule has 0 fully saturated rings. The van der Waals surface area contributed by atoms with Gasteiger partial charge >= 0.3 is 0 Å². The summed E-state index contributed by atoms with van der Waals surface area (Å²) in [5.41, 5.74) is 3.56. The lowest BCUT2D eigenvalue weighted by molar-refractivity contribution is 1.44. The number of hydrogen-bond donors (Lipinski definition) is 2. The van der Waals surface area contributed by atoms with Gasteiger partial charge in [-0.1, -0.05) is 6.07 Å². The van der Waals surface area contributed by atoms with Crippen LogP contribution in [0.15, 0.2) is 18.2 Å². The summed E-state index contributed by atoms with van der Waals surface area (Å²) in [6, 6.07) is 6.24. The van der Waals surface area contributed by atoms with E-state index in [1.165, 1.54) is 5.56 Å². The van der Waals surface area contributed by atoms with Gasteiger partial charge in [0.25, 0.3) is 0 Å². The van der Waals surface area contributed by atoms with Crippen LogP contribution in [0, 0.1) is 6.92 Å². The maximum absolute atomic E-state index is 3.10. The second-order valence-corrected chi connectivity index (χ2v) is 2.91. The third kappa shape index (κ3) is 1.99. The topological polar surface area (TPSA) is 24.1 Å². The van der Waals surface area contributed by atoms with E-state index in [4.69, 9.17) is 0 Å². The highest BCUT2D eigenvalue weighted by atomic mass is 127. The molecule has 1 aromatic carbocycles. The van der Waals surface area contributed by atoms with Crippen LogP contribution in [0.3, 0.4) is 0 Å². The highest BCUT2D eigenvalue weighted by Gasteiger charge is 1.95. The summed E-state index contributed by atoms with van der Waals surface area (Å²) >= 11 is 2.13. The number of benzene rings is 1. The van der Waals surface area contributed by atoms with Gasteiger partial charge in [-0.3, -0.25) is 0 Å². The van der Waals surface area contributed by atoms with Crippen molar-refractivity contribution in [3.05, 3.63) is 23.8 Å². The molecule has 1 rings (SSSR count). The molecule has 0 saturated carbocycles. The summed E-state index contributed by atoms with van der Waals surface area (Å²) in [5, 5.41) is 3.09. The summed E-state index contributed by atoms with van der Waals surface area (Å²) in [6.45, 7) is 2.08. The van der Waals surface area contributed by atoms with E-state index in [1.54, 1.807) is 0 Å². The normalized spacial score (nSPS) is 9.36. The lowest BCUT2D eigenvalue weighted by Gasteiger charge is -2.05. The van der Waals surface area contributed by atoms with Crippen molar-refractivity contribution >= 4 is 34.2 Å². The molecule has 2 N–H and O–H groups in total. The quantitative estimate of drug-likeness (QED) is 0.632. The fraction of sp³-hybridized carbons (Fsp3) is 0.250. The van der Waals surface area contributed by atoms with Gasteiger partial charge in [0.15, 0.2) is 0 Å². The first kappa shape index (κ1) is 8.64. The Bertz CT molecular complexity index is 248. The Hall–Kier alpha value is -0.450. The second-order valence-electron chi connectivity index (χ2n) is 2.37. The Kier molecular flexibility index (Phi) is 2.99. The Morgan fingerprint density at radius 3 is 2.64 bits per heavy atom. The molecule has 0 aromatic heterocycles. The molecule has 0 spiro atoms. The van der Waals surface area contributed by atoms with E-state index >= 15 is 0 Å². The summed E-state index contributed by atoms with van der Waals surface area (Å²) in [5.74, 6) is 0. The van der Waals surface area contributed by atoms with Crippen molar-refractivity contribution in [2.45, 2.75) is 6.92 Å². The van der Waals surface area contributed by atoms with E-state index in [-0.39, 0.29) is 0 Å². The Balaban J connectivity index is 3.02. The van der Waals surface area contributed by atoms with Crippen molar-refractivity contribution in [2.24, 2.45) is 0 Å². The van der Waals surface area contributed by atoms with Crippen molar-refractivity contribution in [3.8, 4) is 0 Å². The monoisotopic (exact) mass is 262 g/mol. The number of hydrogen-bond acceptors (Lipinski definition) is 2. The number of aryl methyl sites for hydroxylation is 1. The smallest absolute Gasteiger partial charge is 0.0560 e. The Morgan fingerprint density at radius 1 is 1.36 bits per heavy atom. The number of halogens is 1. The van der Waals surface area contributed by atoms with Crippen molar-refractivity contribution in [1.82, 2.24) is 0 Å². The third-order valence-electron chi connectivity index (χ3n) is 1.63. The van der Waals surface area contributed by atoms with E-state index in [2.05, 4.69) is 56.8 Å². The zero-order valence-corrected chi connectivity index (χ0v) is 8.77. The van der Waals surface area contributed by atoms with Gasteiger partial charge in [-0.15, -0.1) is 0 Å². The van der Waals surface area contributed by atoms with Gasteiger partial charge in [0, 0.05) is 18.4 Å². The van der Waals surface area contributed by atoms with Crippen LogP contribution in [0.25, 0.3) is 0 Å². The van der Waals surface area contributed by atoms with E-state index < -0.39 is 0 Å². The average molecular weight is 262 g/mol.